The van der Waals surface area contributed by atoms with E-state index in [1.54, 1.807) is 29.6 Å². The van der Waals surface area contributed by atoms with Gasteiger partial charge in [-0.3, -0.25) is 24.7 Å². The number of phenols is 1. The molecule has 0 aliphatic heterocycles. The van der Waals surface area contributed by atoms with Crippen LogP contribution < -0.4 is 22.3 Å². The van der Waals surface area contributed by atoms with Gasteiger partial charge in [0.1, 0.15) is 28.8 Å². The third-order valence-electron chi connectivity index (χ3n) is 8.62. The fourth-order valence-corrected chi connectivity index (χ4v) is 6.49. The Morgan fingerprint density at radius 1 is 0.981 bits per heavy atom. The second-order valence-corrected chi connectivity index (χ2v) is 14.5. The molecule has 3 unspecified atom stereocenters. The average Bonchev–Trinajstić information content (AvgIpc) is 3.67. The molecule has 14 heteroatoms. The van der Waals surface area contributed by atoms with Gasteiger partial charge in [-0.2, -0.15) is 0 Å². The molecule has 54 heavy (non-hydrogen) atoms. The molecule has 0 bridgehead atoms. The highest BCUT2D eigenvalue weighted by molar-refractivity contribution is 7.09. The largest absolute Gasteiger partial charge is 0.508 e. The number of carbonyl (C=O) groups excluding carboxylic acids is 4. The van der Waals surface area contributed by atoms with Crippen LogP contribution in [0.1, 0.15) is 133 Å². The van der Waals surface area contributed by atoms with Crippen LogP contribution in [0.2, 0.25) is 0 Å². The summed E-state index contributed by atoms with van der Waals surface area (Å²) in [5.74, 6) is 5.16. The third-order valence-corrected chi connectivity index (χ3v) is 9.56. The van der Waals surface area contributed by atoms with E-state index >= 15 is 0 Å². The maximum atomic E-state index is 13.4. The summed E-state index contributed by atoms with van der Waals surface area (Å²) in [6, 6.07) is 6.38. The summed E-state index contributed by atoms with van der Waals surface area (Å²) in [6.07, 6.45) is 8.67. The second kappa shape index (κ2) is 30.8. The van der Waals surface area contributed by atoms with Crippen LogP contribution in [-0.4, -0.2) is 96.3 Å². The number of hydrogen-bond acceptors (Lipinski definition) is 11. The molecule has 2 aromatic rings. The number of thiazole rings is 1. The fraction of sp³-hybridized carbons (Fsp3) is 0.675. The normalized spacial score (nSPS) is 12.4. The molecule has 1 aromatic heterocycles. The number of aldehydes is 1. The van der Waals surface area contributed by atoms with Gasteiger partial charge in [-0.05, 0) is 82.8 Å². The van der Waals surface area contributed by atoms with Gasteiger partial charge in [0.2, 0.25) is 11.8 Å². The van der Waals surface area contributed by atoms with E-state index in [1.807, 2.05) is 16.8 Å². The summed E-state index contributed by atoms with van der Waals surface area (Å²) in [5, 5.41) is 15.1. The molecule has 2 rings (SSSR count). The number of aromatic hydroxyl groups is 1. The zero-order chi connectivity index (χ0) is 40.9. The maximum Gasteiger partial charge on any atom is 0.270 e. The van der Waals surface area contributed by atoms with Crippen molar-refractivity contribution in [3.8, 4) is 5.75 Å². The summed E-state index contributed by atoms with van der Waals surface area (Å²) in [7, 11) is 3.46. The first kappa shape index (κ1) is 50.6. The number of nitrogens with two attached hydrogens (primary N) is 2. The molecule has 1 heterocycles. The van der Waals surface area contributed by atoms with Gasteiger partial charge in [-0.1, -0.05) is 66.5 Å². The Hall–Kier alpha value is -3.43. The fourth-order valence-electron chi connectivity index (χ4n) is 5.63. The molecule has 308 valence electrons. The zero-order valence-corrected chi connectivity index (χ0v) is 35.1. The van der Waals surface area contributed by atoms with Gasteiger partial charge in [-0.15, -0.1) is 11.3 Å². The Kier molecular flexibility index (Phi) is 28.9. The van der Waals surface area contributed by atoms with Gasteiger partial charge in [0.15, 0.2) is 0 Å². The van der Waals surface area contributed by atoms with Crippen LogP contribution in [0.25, 0.3) is 0 Å². The highest BCUT2D eigenvalue weighted by Crippen LogP contribution is 2.31. The van der Waals surface area contributed by atoms with Crippen molar-refractivity contribution >= 4 is 35.3 Å². The molecule has 3 atom stereocenters. The maximum absolute atomic E-state index is 13.4. The van der Waals surface area contributed by atoms with Crippen molar-refractivity contribution in [1.82, 2.24) is 25.5 Å². The minimum atomic E-state index is -0.353. The predicted octanol–water partition coefficient (Wildman–Crippen LogP) is 5.76. The summed E-state index contributed by atoms with van der Waals surface area (Å²) in [6.45, 7) is 15.5. The number of rotatable bonds is 25. The number of ether oxygens (including phenoxy) is 1. The number of carbonyl (C=O) groups is 4. The number of nitrogens with one attached hydrogen (secondary N) is 2. The highest BCUT2D eigenvalue weighted by atomic mass is 32.1. The van der Waals surface area contributed by atoms with Crippen LogP contribution in [0.3, 0.4) is 0 Å². The van der Waals surface area contributed by atoms with Crippen LogP contribution >= 0.6 is 11.3 Å². The van der Waals surface area contributed by atoms with Crippen molar-refractivity contribution in [2.24, 2.45) is 17.5 Å². The second-order valence-electron chi connectivity index (χ2n) is 13.6. The summed E-state index contributed by atoms with van der Waals surface area (Å²) >= 11 is 1.38. The van der Waals surface area contributed by atoms with Crippen molar-refractivity contribution in [1.29, 1.82) is 0 Å². The van der Waals surface area contributed by atoms with Crippen molar-refractivity contribution < 1.29 is 29.0 Å². The number of aromatic nitrogens is 1. The Morgan fingerprint density at radius 3 is 2.20 bits per heavy atom. The van der Waals surface area contributed by atoms with E-state index in [0.29, 0.717) is 50.4 Å². The highest BCUT2D eigenvalue weighted by Gasteiger charge is 2.31. The summed E-state index contributed by atoms with van der Waals surface area (Å²) in [5.41, 5.74) is 7.83. The number of phenolic OH excluding ortho intramolecular Hbond substituents is 1. The van der Waals surface area contributed by atoms with E-state index in [9.17, 15) is 24.3 Å². The van der Waals surface area contributed by atoms with E-state index in [1.165, 1.54) is 31.2 Å². The molecule has 1 aromatic carbocycles. The molecular formula is C40H71N7O6S. The van der Waals surface area contributed by atoms with Crippen LogP contribution in [0, 0.1) is 5.92 Å². The number of benzene rings is 1. The van der Waals surface area contributed by atoms with Gasteiger partial charge in [0.05, 0.1) is 6.54 Å². The van der Waals surface area contributed by atoms with Crippen LogP contribution in [0.5, 0.6) is 5.75 Å². The van der Waals surface area contributed by atoms with Crippen molar-refractivity contribution in [3.05, 3.63) is 45.9 Å². The number of amides is 3. The SMILES string of the molecule is CCCCC(=O)N(CCC)C(CC(OCCC)c1nc(C(=O)NC(CCC(=O)NN)Cc2ccc(O)cc2)cs1)C(C)C.CCCCN(C)CC=O.CN. The Morgan fingerprint density at radius 2 is 1.65 bits per heavy atom. The predicted molar refractivity (Wildman–Crippen MR) is 219 cm³/mol. The third kappa shape index (κ3) is 20.9. The van der Waals surface area contributed by atoms with Gasteiger partial charge in [-0.25, -0.2) is 10.8 Å². The first-order valence-electron chi connectivity index (χ1n) is 19.6. The lowest BCUT2D eigenvalue weighted by Crippen LogP contribution is -2.44. The van der Waals surface area contributed by atoms with Crippen LogP contribution in [0.15, 0.2) is 29.6 Å². The Balaban J connectivity index is 0.00000222. The molecule has 0 saturated carbocycles. The Bertz CT molecular complexity index is 1290. The number of hydrazine groups is 1. The van der Waals surface area contributed by atoms with Crippen molar-refractivity contribution in [2.75, 3.05) is 40.3 Å². The smallest absolute Gasteiger partial charge is 0.270 e. The molecule has 0 spiro atoms. The monoisotopic (exact) mass is 778 g/mol. The van der Waals surface area contributed by atoms with Gasteiger partial charge >= 0.3 is 0 Å². The minimum absolute atomic E-state index is 0.0179. The summed E-state index contributed by atoms with van der Waals surface area (Å²) in [4.78, 5) is 57.1. The van der Waals surface area contributed by atoms with Gasteiger partial charge < -0.3 is 30.6 Å². The minimum Gasteiger partial charge on any atom is -0.508 e. The Labute approximate surface area is 328 Å². The average molecular weight is 778 g/mol. The van der Waals surface area contributed by atoms with Crippen LogP contribution in [0.4, 0.5) is 0 Å². The topological polar surface area (TPSA) is 193 Å². The lowest BCUT2D eigenvalue weighted by atomic mass is 9.95. The quantitative estimate of drug-likeness (QED) is 0.0358. The first-order chi connectivity index (χ1) is 25.9. The molecule has 7 N–H and O–H groups in total. The molecule has 0 aliphatic rings. The number of likely N-dealkylation sites (N-methyl/N-ethyl adjacent to an activating group) is 1. The van der Waals surface area contributed by atoms with E-state index in [0.717, 1.165) is 44.1 Å². The van der Waals surface area contributed by atoms with E-state index in [4.69, 9.17) is 15.6 Å². The molecular weight excluding hydrogens is 707 g/mol. The molecule has 0 aliphatic carbocycles. The van der Waals surface area contributed by atoms with Crippen molar-refractivity contribution in [3.63, 3.8) is 0 Å². The molecule has 3 amide bonds. The first-order valence-corrected chi connectivity index (χ1v) is 20.5. The number of hydrogen-bond donors (Lipinski definition) is 5. The summed E-state index contributed by atoms with van der Waals surface area (Å²) < 4.78 is 6.29. The standard InChI is InChI=1S/C32H51N5O5S.C7H15NO.CH5N/c1-6-9-10-30(40)37(17-7-2)27(22(4)5)20-28(42-18-8-3)32-35-26(21-43-32)31(41)34-24(13-16-29(39)36-33)19-23-11-14-25(38)15-12-23;1-3-4-5-8(2)6-7-9;1-2/h11-12,14-15,21-22,24,27-28,38H,6-10,13,16-20,33H2,1-5H3,(H,34,41)(H,36,39);7H,3-6H2,1-2H3;2H2,1H3. The van der Waals surface area contributed by atoms with E-state index in [2.05, 4.69) is 58.0 Å². The van der Waals surface area contributed by atoms with Gasteiger partial charge in [0, 0.05) is 49.9 Å². The lowest BCUT2D eigenvalue weighted by Gasteiger charge is -2.36. The lowest BCUT2D eigenvalue weighted by molar-refractivity contribution is -0.135. The van der Waals surface area contributed by atoms with Crippen molar-refractivity contribution in [2.45, 2.75) is 130 Å². The molecule has 13 nitrogen and oxygen atoms in total. The molecule has 0 radical (unpaired) electrons. The molecule has 0 saturated heterocycles. The van der Waals surface area contributed by atoms with Crippen LogP contribution in [-0.2, 0) is 25.5 Å². The number of nitrogens with zero attached hydrogens (tertiary/aromatic N) is 3. The van der Waals surface area contributed by atoms with E-state index < -0.39 is 0 Å². The zero-order valence-electron chi connectivity index (χ0n) is 34.3. The molecule has 0 fully saturated rings. The number of unbranched alkanes of at least 4 members (excludes halogenated alkanes) is 2. The van der Waals surface area contributed by atoms with Gasteiger partial charge in [0.25, 0.3) is 5.91 Å². The van der Waals surface area contributed by atoms with E-state index in [-0.39, 0.29) is 59.7 Å².